The Bertz CT molecular complexity index is 552. The van der Waals surface area contributed by atoms with E-state index < -0.39 is 0 Å². The van der Waals surface area contributed by atoms with Crippen LogP contribution in [-0.4, -0.2) is 25.3 Å². The number of methoxy groups -OCH3 is 1. The van der Waals surface area contributed by atoms with Gasteiger partial charge in [-0.3, -0.25) is 0 Å². The Morgan fingerprint density at radius 1 is 1.29 bits per heavy atom. The second-order valence-corrected chi connectivity index (χ2v) is 4.66. The number of hydrogen-bond acceptors (Lipinski definition) is 3. The normalized spacial score (nSPS) is 14.2. The SMILES string of the molecule is C=C1C(Cl)=C[C-]=C(c2ccc(OCOC)cc2)N1CC.[Y]. The standard InChI is InChI=1S/C16H17ClNO2.Y/c1-4-18-12(2)15(17)9-10-16(18)13-5-7-14(8-6-13)20-11-19-3;/h5-9H,2,4,11H2,1,3H3;/q-1;. The maximum atomic E-state index is 6.09. The Balaban J connectivity index is 0.00000220. The Morgan fingerprint density at radius 2 is 1.95 bits per heavy atom. The molecule has 0 amide bonds. The summed E-state index contributed by atoms with van der Waals surface area (Å²) in [6.45, 7) is 7.08. The fraction of sp³-hybridized carbons (Fsp3) is 0.250. The van der Waals surface area contributed by atoms with Gasteiger partial charge in [0.05, 0.1) is 0 Å². The van der Waals surface area contributed by atoms with Crippen molar-refractivity contribution < 1.29 is 42.2 Å². The van der Waals surface area contributed by atoms with E-state index in [2.05, 4.69) is 19.6 Å². The molecule has 0 N–H and O–H groups in total. The van der Waals surface area contributed by atoms with Crippen molar-refractivity contribution >= 4 is 17.3 Å². The molecule has 1 aromatic carbocycles. The third kappa shape index (κ3) is 4.43. The Morgan fingerprint density at radius 3 is 2.52 bits per heavy atom. The second-order valence-electron chi connectivity index (χ2n) is 4.25. The minimum atomic E-state index is 0. The molecule has 0 aromatic heterocycles. The third-order valence-corrected chi connectivity index (χ3v) is 3.32. The van der Waals surface area contributed by atoms with E-state index in [0.29, 0.717) is 5.03 Å². The molecule has 5 heteroatoms. The van der Waals surface area contributed by atoms with Crippen LogP contribution < -0.4 is 4.74 Å². The molecule has 1 aromatic rings. The molecule has 3 nitrogen and oxygen atoms in total. The number of halogens is 1. The number of likely N-dealkylation sites (N-methyl/N-ethyl adjacent to an activating group) is 1. The minimum absolute atomic E-state index is 0. The second kappa shape index (κ2) is 8.74. The topological polar surface area (TPSA) is 21.7 Å². The summed E-state index contributed by atoms with van der Waals surface area (Å²) in [5, 5.41) is 0.621. The molecule has 1 radical (unpaired) electrons. The van der Waals surface area contributed by atoms with E-state index in [9.17, 15) is 0 Å². The molecule has 1 heterocycles. The number of nitrogens with zero attached hydrogens (tertiary/aromatic N) is 1. The Labute approximate surface area is 156 Å². The molecule has 0 bridgehead atoms. The van der Waals surface area contributed by atoms with Crippen LogP contribution >= 0.6 is 11.6 Å². The van der Waals surface area contributed by atoms with Gasteiger partial charge >= 0.3 is 0 Å². The average molecular weight is 380 g/mol. The predicted octanol–water partition coefficient (Wildman–Crippen LogP) is 3.78. The van der Waals surface area contributed by atoms with E-state index in [1.807, 2.05) is 29.2 Å². The van der Waals surface area contributed by atoms with Crippen LogP contribution in [0.15, 0.2) is 47.6 Å². The van der Waals surface area contributed by atoms with Gasteiger partial charge in [0.2, 0.25) is 0 Å². The number of rotatable bonds is 5. The molecule has 1 aliphatic rings. The van der Waals surface area contributed by atoms with Gasteiger partial charge in [-0.15, -0.1) is 12.1 Å². The zero-order valence-electron chi connectivity index (χ0n) is 12.2. The predicted molar refractivity (Wildman–Crippen MR) is 81.1 cm³/mol. The zero-order valence-corrected chi connectivity index (χ0v) is 15.8. The summed E-state index contributed by atoms with van der Waals surface area (Å²) in [6.07, 6.45) is 4.95. The molecule has 0 fully saturated rings. The molecular formula is C16H17ClNO2Y-. The van der Waals surface area contributed by atoms with Crippen LogP contribution in [0.5, 0.6) is 5.75 Å². The van der Waals surface area contributed by atoms with Gasteiger partial charge in [0.15, 0.2) is 6.79 Å². The first-order valence-electron chi connectivity index (χ1n) is 6.35. The van der Waals surface area contributed by atoms with E-state index in [4.69, 9.17) is 21.1 Å². The van der Waals surface area contributed by atoms with Gasteiger partial charge in [-0.1, -0.05) is 17.8 Å². The van der Waals surface area contributed by atoms with Crippen LogP contribution in [0, 0.1) is 6.08 Å². The summed E-state index contributed by atoms with van der Waals surface area (Å²) >= 11 is 6.09. The number of hydrogen-bond donors (Lipinski definition) is 0. The number of ether oxygens (including phenoxy) is 2. The average Bonchev–Trinajstić information content (AvgIpc) is 2.48. The molecule has 1 aliphatic heterocycles. The van der Waals surface area contributed by atoms with E-state index in [-0.39, 0.29) is 39.5 Å². The summed E-state index contributed by atoms with van der Waals surface area (Å²) in [6, 6.07) is 7.77. The van der Waals surface area contributed by atoms with Crippen molar-refractivity contribution in [2.75, 3.05) is 20.4 Å². The van der Waals surface area contributed by atoms with Gasteiger partial charge in [0.25, 0.3) is 0 Å². The molecule has 0 saturated carbocycles. The zero-order chi connectivity index (χ0) is 14.5. The van der Waals surface area contributed by atoms with Crippen LogP contribution in [0.3, 0.4) is 0 Å². The molecule has 0 aliphatic carbocycles. The van der Waals surface area contributed by atoms with Gasteiger partial charge in [0.1, 0.15) is 5.75 Å². The van der Waals surface area contributed by atoms with E-state index in [1.54, 1.807) is 13.2 Å². The first-order valence-corrected chi connectivity index (χ1v) is 6.73. The van der Waals surface area contributed by atoms with Crippen LogP contribution in [-0.2, 0) is 37.4 Å². The summed E-state index contributed by atoms with van der Waals surface area (Å²) in [5.41, 5.74) is 2.79. The number of allylic oxidation sites excluding steroid dienone is 3. The molecule has 2 rings (SSSR count). The molecule has 109 valence electrons. The van der Waals surface area contributed by atoms with Crippen LogP contribution in [0.1, 0.15) is 12.5 Å². The fourth-order valence-corrected chi connectivity index (χ4v) is 2.14. The first kappa shape index (κ1) is 18.4. The van der Waals surface area contributed by atoms with E-state index >= 15 is 0 Å². The van der Waals surface area contributed by atoms with Crippen molar-refractivity contribution in [2.24, 2.45) is 0 Å². The van der Waals surface area contributed by atoms with Gasteiger partial charge in [-0.05, 0) is 29.8 Å². The van der Waals surface area contributed by atoms with Crippen molar-refractivity contribution in [3.63, 3.8) is 0 Å². The molecule has 0 unspecified atom stereocenters. The van der Waals surface area contributed by atoms with Crippen molar-refractivity contribution in [1.29, 1.82) is 0 Å². The number of benzene rings is 1. The van der Waals surface area contributed by atoms with Gasteiger partial charge < -0.3 is 14.4 Å². The van der Waals surface area contributed by atoms with Gasteiger partial charge in [-0.25, -0.2) is 0 Å². The molecule has 0 saturated heterocycles. The van der Waals surface area contributed by atoms with E-state index in [1.165, 1.54) is 0 Å². The molecule has 0 atom stereocenters. The van der Waals surface area contributed by atoms with Gasteiger partial charge in [0, 0.05) is 46.4 Å². The summed E-state index contributed by atoms with van der Waals surface area (Å²) in [5.74, 6) is 0.766. The van der Waals surface area contributed by atoms with Crippen LogP contribution in [0.25, 0.3) is 5.70 Å². The largest absolute Gasteiger partial charge is 0.468 e. The summed E-state index contributed by atoms with van der Waals surface area (Å²) in [4.78, 5) is 2.04. The Kier molecular flexibility index (Phi) is 7.68. The smallest absolute Gasteiger partial charge is 0.188 e. The molecule has 21 heavy (non-hydrogen) atoms. The van der Waals surface area contributed by atoms with Gasteiger partial charge in [-0.2, -0.15) is 23.8 Å². The quantitative estimate of drug-likeness (QED) is 0.574. The van der Waals surface area contributed by atoms with E-state index in [0.717, 1.165) is 29.3 Å². The summed E-state index contributed by atoms with van der Waals surface area (Å²) in [7, 11) is 1.59. The summed E-state index contributed by atoms with van der Waals surface area (Å²) < 4.78 is 10.2. The van der Waals surface area contributed by atoms with Crippen molar-refractivity contribution in [3.8, 4) is 5.75 Å². The maximum Gasteiger partial charge on any atom is 0.188 e. The maximum absolute atomic E-state index is 6.09. The van der Waals surface area contributed by atoms with Crippen molar-refractivity contribution in [2.45, 2.75) is 6.92 Å². The van der Waals surface area contributed by atoms with Crippen LogP contribution in [0.2, 0.25) is 0 Å². The van der Waals surface area contributed by atoms with Crippen LogP contribution in [0.4, 0.5) is 0 Å². The molecule has 0 spiro atoms. The molecular weight excluding hydrogens is 363 g/mol. The fourth-order valence-electron chi connectivity index (χ4n) is 1.98. The van der Waals surface area contributed by atoms with Crippen molar-refractivity contribution in [1.82, 2.24) is 4.90 Å². The first-order chi connectivity index (χ1) is 9.67. The van der Waals surface area contributed by atoms with Crippen molar-refractivity contribution in [3.05, 3.63) is 59.3 Å². The Hall–Kier alpha value is -0.606. The monoisotopic (exact) mass is 379 g/mol. The minimum Gasteiger partial charge on any atom is -0.468 e. The third-order valence-electron chi connectivity index (χ3n) is 2.99.